The van der Waals surface area contributed by atoms with Gasteiger partial charge < -0.3 is 5.43 Å². The summed E-state index contributed by atoms with van der Waals surface area (Å²) < 4.78 is 1.18. The molecule has 4 heteroatoms. The van der Waals surface area contributed by atoms with Crippen LogP contribution >= 0.6 is 22.6 Å². The molecule has 0 bridgehead atoms. The zero-order valence-electron chi connectivity index (χ0n) is 8.70. The summed E-state index contributed by atoms with van der Waals surface area (Å²) >= 11 is 2.32. The third kappa shape index (κ3) is 1.66. The lowest BCUT2D eigenvalue weighted by Crippen LogP contribution is -2.08. The summed E-state index contributed by atoms with van der Waals surface area (Å²) in [6.07, 6.45) is 2.51. The first-order valence-electron chi connectivity index (χ1n) is 5.35. The number of hydrogen-bond donors (Lipinski definition) is 2. The second kappa shape index (κ2) is 3.85. The van der Waals surface area contributed by atoms with Gasteiger partial charge in [0.2, 0.25) is 0 Å². The summed E-state index contributed by atoms with van der Waals surface area (Å²) in [6, 6.07) is 8.24. The minimum Gasteiger partial charge on any atom is -0.323 e. The number of nitrogen functional groups attached to an aromatic ring is 1. The summed E-state index contributed by atoms with van der Waals surface area (Å²) in [7, 11) is 0. The van der Waals surface area contributed by atoms with Crippen LogP contribution in [0.15, 0.2) is 24.3 Å². The van der Waals surface area contributed by atoms with Crippen LogP contribution in [0, 0.1) is 3.57 Å². The van der Waals surface area contributed by atoms with E-state index in [1.807, 2.05) is 6.07 Å². The lowest BCUT2D eigenvalue weighted by Gasteiger charge is -2.09. The normalized spacial score (nSPS) is 15.4. The molecule has 3 rings (SSSR count). The summed E-state index contributed by atoms with van der Waals surface area (Å²) in [5.41, 5.74) is 5.98. The first-order chi connectivity index (χ1) is 7.79. The van der Waals surface area contributed by atoms with Gasteiger partial charge in [-0.1, -0.05) is 12.1 Å². The van der Waals surface area contributed by atoms with Crippen molar-refractivity contribution in [3.05, 3.63) is 33.5 Å². The predicted octanol–water partition coefficient (Wildman–Crippen LogP) is 3.00. The Morgan fingerprint density at radius 2 is 2.19 bits per heavy atom. The molecule has 0 atom stereocenters. The minimum atomic E-state index is 0.646. The fraction of sp³-hybridized carbons (Fsp3) is 0.250. The highest BCUT2D eigenvalue weighted by Gasteiger charge is 2.26. The van der Waals surface area contributed by atoms with Crippen molar-refractivity contribution in [3.8, 4) is 0 Å². The first kappa shape index (κ1) is 10.3. The summed E-state index contributed by atoms with van der Waals surface area (Å²) in [4.78, 5) is 4.74. The van der Waals surface area contributed by atoms with Crippen molar-refractivity contribution in [2.24, 2.45) is 5.84 Å². The second-order valence-corrected chi connectivity index (χ2v) is 5.31. The molecule has 1 fully saturated rings. The fourth-order valence-corrected chi connectivity index (χ4v) is 2.56. The van der Waals surface area contributed by atoms with E-state index < -0.39 is 0 Å². The molecule has 1 aromatic heterocycles. The summed E-state index contributed by atoms with van der Waals surface area (Å²) in [5, 5.41) is 1.10. The molecule has 0 saturated heterocycles. The number of nitrogens with two attached hydrogens (primary N) is 1. The van der Waals surface area contributed by atoms with Gasteiger partial charge >= 0.3 is 0 Å². The quantitative estimate of drug-likeness (QED) is 0.507. The summed E-state index contributed by atoms with van der Waals surface area (Å²) in [6.45, 7) is 0. The molecule has 1 aliphatic carbocycles. The molecular weight excluding hydrogens is 313 g/mol. The number of halogens is 1. The lowest BCUT2D eigenvalue weighted by molar-refractivity contribution is 1.04. The molecule has 82 valence electrons. The molecule has 3 N–H and O–H groups in total. The largest absolute Gasteiger partial charge is 0.323 e. The maximum Gasteiger partial charge on any atom is 0.0860 e. The van der Waals surface area contributed by atoms with Crippen LogP contribution in [0.25, 0.3) is 10.9 Å². The number of hydrogen-bond acceptors (Lipinski definition) is 3. The van der Waals surface area contributed by atoms with Crippen LogP contribution in [0.4, 0.5) is 5.69 Å². The number of benzene rings is 1. The molecule has 0 unspecified atom stereocenters. The zero-order chi connectivity index (χ0) is 11.1. The molecular formula is C12H12IN3. The second-order valence-electron chi connectivity index (χ2n) is 4.15. The average Bonchev–Trinajstić information content (AvgIpc) is 3.12. The van der Waals surface area contributed by atoms with Crippen LogP contribution in [-0.4, -0.2) is 4.98 Å². The van der Waals surface area contributed by atoms with Crippen molar-refractivity contribution in [2.75, 3.05) is 5.43 Å². The van der Waals surface area contributed by atoms with E-state index in [0.29, 0.717) is 5.92 Å². The minimum absolute atomic E-state index is 0.646. The third-order valence-corrected chi connectivity index (χ3v) is 3.83. The molecule has 3 nitrogen and oxygen atoms in total. The number of nitrogens with zero attached hydrogens (tertiary/aromatic N) is 1. The molecule has 1 saturated carbocycles. The first-order valence-corrected chi connectivity index (χ1v) is 6.43. The van der Waals surface area contributed by atoms with Crippen LogP contribution in [0.2, 0.25) is 0 Å². The maximum atomic E-state index is 5.58. The van der Waals surface area contributed by atoms with E-state index in [9.17, 15) is 0 Å². The van der Waals surface area contributed by atoms with E-state index in [-0.39, 0.29) is 0 Å². The zero-order valence-corrected chi connectivity index (χ0v) is 10.9. The van der Waals surface area contributed by atoms with E-state index in [0.717, 1.165) is 16.6 Å². The molecule has 0 spiro atoms. The highest BCUT2D eigenvalue weighted by atomic mass is 127. The van der Waals surface area contributed by atoms with Crippen LogP contribution in [-0.2, 0) is 0 Å². The van der Waals surface area contributed by atoms with Gasteiger partial charge in [-0.05, 0) is 47.6 Å². The maximum absolute atomic E-state index is 5.58. The lowest BCUT2D eigenvalue weighted by atomic mass is 10.1. The highest BCUT2D eigenvalue weighted by molar-refractivity contribution is 14.1. The van der Waals surface area contributed by atoms with E-state index in [1.165, 1.54) is 22.1 Å². The van der Waals surface area contributed by atoms with Gasteiger partial charge in [-0.2, -0.15) is 0 Å². The number of rotatable bonds is 2. The Kier molecular flexibility index (Phi) is 2.48. The fourth-order valence-electron chi connectivity index (χ4n) is 1.94. The standard InChI is InChI=1S/C12H12IN3/c13-9-3-1-2-8-11(16-14)6-10(7-4-5-7)15-12(8)9/h1-3,6-7H,4-5,14H2,(H,15,16). The molecule has 16 heavy (non-hydrogen) atoms. The number of para-hydroxylation sites is 1. The number of aromatic nitrogens is 1. The Balaban J connectivity index is 2.30. The van der Waals surface area contributed by atoms with Crippen molar-refractivity contribution in [2.45, 2.75) is 18.8 Å². The number of hydrazine groups is 1. The SMILES string of the molecule is NNc1cc(C2CC2)nc2c(I)cccc12. The number of pyridine rings is 1. The van der Waals surface area contributed by atoms with Gasteiger partial charge in [-0.25, -0.2) is 0 Å². The summed E-state index contributed by atoms with van der Waals surface area (Å²) in [5.74, 6) is 6.22. The van der Waals surface area contributed by atoms with Crippen molar-refractivity contribution in [3.63, 3.8) is 0 Å². The van der Waals surface area contributed by atoms with E-state index in [1.54, 1.807) is 0 Å². The Hall–Kier alpha value is -0.880. The van der Waals surface area contributed by atoms with E-state index in [4.69, 9.17) is 10.8 Å². The Bertz CT molecular complexity index is 549. The van der Waals surface area contributed by atoms with E-state index in [2.05, 4.69) is 46.2 Å². The van der Waals surface area contributed by atoms with Gasteiger partial charge in [0.1, 0.15) is 0 Å². The molecule has 1 aliphatic rings. The van der Waals surface area contributed by atoms with Gasteiger partial charge in [0.05, 0.1) is 11.2 Å². The van der Waals surface area contributed by atoms with Crippen LogP contribution in [0.3, 0.4) is 0 Å². The average molecular weight is 325 g/mol. The Labute approximate surface area is 108 Å². The molecule has 1 aromatic carbocycles. The van der Waals surface area contributed by atoms with Crippen LogP contribution < -0.4 is 11.3 Å². The van der Waals surface area contributed by atoms with Gasteiger partial charge in [0.25, 0.3) is 0 Å². The monoisotopic (exact) mass is 325 g/mol. The van der Waals surface area contributed by atoms with Crippen molar-refractivity contribution >= 4 is 39.2 Å². The van der Waals surface area contributed by atoms with Crippen LogP contribution in [0.5, 0.6) is 0 Å². The third-order valence-electron chi connectivity index (χ3n) is 2.96. The molecule has 0 amide bonds. The number of nitrogens with one attached hydrogen (secondary N) is 1. The van der Waals surface area contributed by atoms with Gasteiger partial charge in [0, 0.05) is 20.6 Å². The molecule has 1 heterocycles. The van der Waals surface area contributed by atoms with Crippen molar-refractivity contribution in [1.82, 2.24) is 4.98 Å². The van der Waals surface area contributed by atoms with E-state index >= 15 is 0 Å². The van der Waals surface area contributed by atoms with Crippen molar-refractivity contribution in [1.29, 1.82) is 0 Å². The highest BCUT2D eigenvalue weighted by Crippen LogP contribution is 2.41. The Morgan fingerprint density at radius 1 is 1.38 bits per heavy atom. The van der Waals surface area contributed by atoms with Crippen LogP contribution in [0.1, 0.15) is 24.5 Å². The topological polar surface area (TPSA) is 50.9 Å². The predicted molar refractivity (Wildman–Crippen MR) is 74.2 cm³/mol. The van der Waals surface area contributed by atoms with Gasteiger partial charge in [-0.3, -0.25) is 10.8 Å². The number of fused-ring (bicyclic) bond motifs is 1. The van der Waals surface area contributed by atoms with Crippen molar-refractivity contribution < 1.29 is 0 Å². The smallest absolute Gasteiger partial charge is 0.0860 e. The molecule has 0 radical (unpaired) electrons. The number of anilines is 1. The molecule has 2 aromatic rings. The van der Waals surface area contributed by atoms with Gasteiger partial charge in [0.15, 0.2) is 0 Å². The molecule has 0 aliphatic heterocycles. The Morgan fingerprint density at radius 3 is 2.88 bits per heavy atom. The van der Waals surface area contributed by atoms with Gasteiger partial charge in [-0.15, -0.1) is 0 Å².